The molecule has 0 aliphatic rings. The molecule has 5 heteroatoms. The molecule has 1 radical (unpaired) electrons. The van der Waals surface area contributed by atoms with Crippen molar-refractivity contribution in [3.8, 4) is 0 Å². The van der Waals surface area contributed by atoms with E-state index in [0.717, 1.165) is 5.56 Å². The van der Waals surface area contributed by atoms with E-state index < -0.39 is 0 Å². The Morgan fingerprint density at radius 2 is 1.45 bits per heavy atom. The Morgan fingerprint density at radius 3 is 2.00 bits per heavy atom. The van der Waals surface area contributed by atoms with E-state index in [1.807, 2.05) is 0 Å². The first-order valence-corrected chi connectivity index (χ1v) is 8.31. The molecule has 22 heavy (non-hydrogen) atoms. The zero-order chi connectivity index (χ0) is 16.5. The van der Waals surface area contributed by atoms with Gasteiger partial charge in [0.25, 0.3) is 0 Å². The first-order valence-electron chi connectivity index (χ1n) is 6.80. The lowest BCUT2D eigenvalue weighted by molar-refractivity contribution is 0.590. The molecule has 0 aliphatic heterocycles. The van der Waals surface area contributed by atoms with Crippen LogP contribution in [0.15, 0.2) is 30.3 Å². The zero-order valence-electron chi connectivity index (χ0n) is 12.6. The van der Waals surface area contributed by atoms with Crippen molar-refractivity contribution in [2.24, 2.45) is 0 Å². The molecule has 117 valence electrons. The Balaban J connectivity index is 2.14. The summed E-state index contributed by atoms with van der Waals surface area (Å²) in [4.78, 5) is 0. The van der Waals surface area contributed by atoms with Gasteiger partial charge in [-0.25, -0.2) is 0 Å². The van der Waals surface area contributed by atoms with Crippen molar-refractivity contribution in [1.29, 1.82) is 0 Å². The highest BCUT2D eigenvalue weighted by molar-refractivity contribution is 6.52. The molecule has 0 bridgehead atoms. The van der Waals surface area contributed by atoms with Crippen molar-refractivity contribution in [2.75, 3.05) is 0 Å². The van der Waals surface area contributed by atoms with Crippen LogP contribution in [0.25, 0.3) is 0 Å². The molecule has 0 saturated heterocycles. The highest BCUT2D eigenvalue weighted by Gasteiger charge is 2.15. The number of halogens is 4. The molecular formula is C17H16Cl4N. The normalized spacial score (nSPS) is 11.6. The van der Waals surface area contributed by atoms with Crippen molar-refractivity contribution < 1.29 is 0 Å². The van der Waals surface area contributed by atoms with E-state index in [4.69, 9.17) is 46.4 Å². The summed E-state index contributed by atoms with van der Waals surface area (Å²) in [5.41, 5.74) is 3.05. The maximum atomic E-state index is 6.15. The summed E-state index contributed by atoms with van der Waals surface area (Å²) in [5.74, 6) is 0. The van der Waals surface area contributed by atoms with E-state index in [-0.39, 0.29) is 15.5 Å². The molecule has 2 aromatic rings. The van der Waals surface area contributed by atoms with Crippen molar-refractivity contribution in [1.82, 2.24) is 5.32 Å². The molecule has 0 fully saturated rings. The van der Waals surface area contributed by atoms with Gasteiger partial charge in [-0.1, -0.05) is 91.4 Å². The third kappa shape index (κ3) is 4.02. The molecule has 0 amide bonds. The summed E-state index contributed by atoms with van der Waals surface area (Å²) >= 11 is 24.1. The van der Waals surface area contributed by atoms with Gasteiger partial charge in [0, 0.05) is 0 Å². The molecule has 0 saturated carbocycles. The lowest BCUT2D eigenvalue weighted by Gasteiger charge is -2.19. The summed E-state index contributed by atoms with van der Waals surface area (Å²) in [6.07, 6.45) is 0. The van der Waals surface area contributed by atoms with E-state index in [0.29, 0.717) is 22.3 Å². The lowest BCUT2D eigenvalue weighted by Crippen LogP contribution is -2.11. The lowest BCUT2D eigenvalue weighted by atomic mass is 9.87. The Kier molecular flexibility index (Phi) is 5.55. The average Bonchev–Trinajstić information content (AvgIpc) is 2.47. The maximum Gasteiger partial charge on any atom is 0.0860 e. The van der Waals surface area contributed by atoms with Crippen molar-refractivity contribution >= 4 is 52.1 Å². The molecule has 1 nitrogen and oxygen atoms in total. The van der Waals surface area contributed by atoms with Gasteiger partial charge in [0.2, 0.25) is 0 Å². The summed E-state index contributed by atoms with van der Waals surface area (Å²) in [7, 11) is 0. The number of hydrogen-bond acceptors (Lipinski definition) is 0. The second-order valence-electron chi connectivity index (χ2n) is 6.08. The van der Waals surface area contributed by atoms with Crippen LogP contribution in [-0.4, -0.2) is 0 Å². The van der Waals surface area contributed by atoms with E-state index >= 15 is 0 Å². The third-order valence-electron chi connectivity index (χ3n) is 3.34. The first kappa shape index (κ1) is 17.7. The third-order valence-corrected chi connectivity index (χ3v) is 5.08. The summed E-state index contributed by atoms with van der Waals surface area (Å²) in [6.45, 7) is 7.05. The predicted molar refractivity (Wildman–Crippen MR) is 97.1 cm³/mol. The summed E-state index contributed by atoms with van der Waals surface area (Å²) in [5, 5.41) is 5.62. The highest BCUT2D eigenvalue weighted by Crippen LogP contribution is 2.40. The van der Waals surface area contributed by atoms with E-state index in [1.165, 1.54) is 5.56 Å². The quantitative estimate of drug-likeness (QED) is 0.403. The molecule has 0 atom stereocenters. The largest absolute Gasteiger partial charge is 0.279 e. The molecule has 0 N–H and O–H groups in total. The predicted octanol–water partition coefficient (Wildman–Crippen LogP) is 7.03. The fourth-order valence-electron chi connectivity index (χ4n) is 1.96. The van der Waals surface area contributed by atoms with Crippen molar-refractivity contribution in [2.45, 2.75) is 32.7 Å². The second-order valence-corrected chi connectivity index (χ2v) is 7.62. The molecule has 0 heterocycles. The Hall–Kier alpha value is -0.600. The fourth-order valence-corrected chi connectivity index (χ4v) is 2.81. The number of nitrogens with zero attached hydrogens (tertiary/aromatic N) is 1. The van der Waals surface area contributed by atoms with E-state index in [1.54, 1.807) is 6.07 Å². The van der Waals surface area contributed by atoms with Crippen LogP contribution >= 0.6 is 46.4 Å². The zero-order valence-corrected chi connectivity index (χ0v) is 15.6. The van der Waals surface area contributed by atoms with Gasteiger partial charge in [-0.15, -0.1) is 0 Å². The minimum Gasteiger partial charge on any atom is -0.279 e. The Labute approximate surface area is 151 Å². The van der Waals surface area contributed by atoms with Crippen LogP contribution < -0.4 is 5.32 Å². The first-order chi connectivity index (χ1) is 10.2. The van der Waals surface area contributed by atoms with Gasteiger partial charge in [-0.3, -0.25) is 5.32 Å². The van der Waals surface area contributed by atoms with Gasteiger partial charge in [0.1, 0.15) is 0 Å². The Bertz CT molecular complexity index is 673. The van der Waals surface area contributed by atoms with Crippen LogP contribution in [0.3, 0.4) is 0 Å². The number of hydrogen-bond donors (Lipinski definition) is 0. The molecule has 0 aromatic heterocycles. The smallest absolute Gasteiger partial charge is 0.0860 e. The number of rotatable bonds is 3. The van der Waals surface area contributed by atoms with E-state index in [2.05, 4.69) is 50.4 Å². The van der Waals surface area contributed by atoms with Gasteiger partial charge < -0.3 is 0 Å². The average molecular weight is 376 g/mol. The minimum atomic E-state index is 0.135. The van der Waals surface area contributed by atoms with E-state index in [9.17, 15) is 0 Å². The summed E-state index contributed by atoms with van der Waals surface area (Å²) in [6, 6.07) is 10.00. The van der Waals surface area contributed by atoms with Crippen molar-refractivity contribution in [3.05, 3.63) is 61.5 Å². The van der Waals surface area contributed by atoms with Crippen LogP contribution in [0.2, 0.25) is 20.1 Å². The van der Waals surface area contributed by atoms with Gasteiger partial charge in [-0.05, 0) is 22.6 Å². The monoisotopic (exact) mass is 374 g/mol. The van der Waals surface area contributed by atoms with Crippen LogP contribution in [0.1, 0.15) is 31.9 Å². The molecule has 0 aliphatic carbocycles. The van der Waals surface area contributed by atoms with Gasteiger partial charge >= 0.3 is 0 Å². The van der Waals surface area contributed by atoms with Crippen LogP contribution in [0.5, 0.6) is 0 Å². The molecule has 2 rings (SSSR count). The minimum absolute atomic E-state index is 0.135. The molecular weight excluding hydrogens is 360 g/mol. The fraction of sp³-hybridized carbons (Fsp3) is 0.294. The standard InChI is InChI=1S/C17H16Cl4N/c1-17(2,3)11-6-4-10(5-7-11)9-22-13-8-12(18)14(19)16(21)15(13)20/h4-8H,9H2,1-3H3. The van der Waals surface area contributed by atoms with Gasteiger partial charge in [-0.2, -0.15) is 0 Å². The highest BCUT2D eigenvalue weighted by atomic mass is 35.5. The SMILES string of the molecule is CC(C)(C)c1ccc(C[N]c2cc(Cl)c(Cl)c(Cl)c2Cl)cc1. The summed E-state index contributed by atoms with van der Waals surface area (Å²) < 4.78 is 0. The second kappa shape index (κ2) is 6.88. The van der Waals surface area contributed by atoms with Gasteiger partial charge in [0.15, 0.2) is 0 Å². The molecule has 2 aromatic carbocycles. The molecule has 0 unspecified atom stereocenters. The Morgan fingerprint density at radius 1 is 0.864 bits per heavy atom. The van der Waals surface area contributed by atoms with Crippen molar-refractivity contribution in [3.63, 3.8) is 0 Å². The van der Waals surface area contributed by atoms with Crippen LogP contribution in [0.4, 0.5) is 5.69 Å². The van der Waals surface area contributed by atoms with Gasteiger partial charge in [0.05, 0.1) is 32.3 Å². The van der Waals surface area contributed by atoms with Crippen LogP contribution in [-0.2, 0) is 12.0 Å². The van der Waals surface area contributed by atoms with Crippen LogP contribution in [0, 0.1) is 0 Å². The topological polar surface area (TPSA) is 14.1 Å². The maximum absolute atomic E-state index is 6.15. The molecule has 0 spiro atoms. The number of benzene rings is 2.